The highest BCUT2D eigenvalue weighted by molar-refractivity contribution is 7.98. The minimum atomic E-state index is -0.925. The molecule has 2 aliphatic heterocycles. The van der Waals surface area contributed by atoms with Gasteiger partial charge in [0.15, 0.2) is 0 Å². The molecule has 0 unspecified atom stereocenters. The highest BCUT2D eigenvalue weighted by Gasteiger charge is 2.32. The number of ether oxygens (including phenoxy) is 1. The Kier molecular flexibility index (Phi) is 8.08. The summed E-state index contributed by atoms with van der Waals surface area (Å²) in [6.45, 7) is 2.41. The van der Waals surface area contributed by atoms with Gasteiger partial charge in [0.2, 0.25) is 0 Å². The number of rotatable bonds is 5. The Balaban J connectivity index is 0.000000486. The van der Waals surface area contributed by atoms with E-state index in [-0.39, 0.29) is 13.1 Å². The maximum absolute atomic E-state index is 13.5. The van der Waals surface area contributed by atoms with Gasteiger partial charge in [-0.1, -0.05) is 36.4 Å². The van der Waals surface area contributed by atoms with Crippen molar-refractivity contribution in [2.75, 3.05) is 31.2 Å². The number of anilines is 1. The second-order valence-corrected chi connectivity index (χ2v) is 8.89. The molecule has 1 aromatic carbocycles. The predicted octanol–water partition coefficient (Wildman–Crippen LogP) is 5.13. The third-order valence-corrected chi connectivity index (χ3v) is 6.54. The third-order valence-electron chi connectivity index (χ3n) is 5.49. The smallest absolute Gasteiger partial charge is 0.148 e. The van der Waals surface area contributed by atoms with Crippen molar-refractivity contribution in [3.05, 3.63) is 71.5 Å². The minimum Gasteiger partial charge on any atom is -0.381 e. The molecule has 2 aliphatic rings. The summed E-state index contributed by atoms with van der Waals surface area (Å²) < 4.78 is 18.5. The van der Waals surface area contributed by atoms with Crippen molar-refractivity contribution in [1.29, 1.82) is 10.5 Å². The van der Waals surface area contributed by atoms with Gasteiger partial charge in [-0.2, -0.15) is 10.5 Å². The molecule has 4 heterocycles. The third kappa shape index (κ3) is 5.53. The lowest BCUT2D eigenvalue weighted by molar-refractivity contribution is 0.198. The molecule has 5 rings (SSSR count). The molecule has 0 radical (unpaired) electrons. The van der Waals surface area contributed by atoms with Crippen LogP contribution in [0.2, 0.25) is 0 Å². The van der Waals surface area contributed by atoms with Crippen LogP contribution in [0.5, 0.6) is 0 Å². The Bertz CT molecular complexity index is 1180. The Morgan fingerprint density at radius 1 is 1.03 bits per heavy atom. The number of hydrogen-bond acceptors (Lipinski definition) is 7. The van der Waals surface area contributed by atoms with Crippen molar-refractivity contribution >= 4 is 17.6 Å². The van der Waals surface area contributed by atoms with Crippen LogP contribution >= 0.6 is 11.8 Å². The molecule has 8 heteroatoms. The fraction of sp³-hybridized carbons (Fsp3) is 0.308. The van der Waals surface area contributed by atoms with Crippen molar-refractivity contribution in [2.45, 2.75) is 29.8 Å². The van der Waals surface area contributed by atoms with Gasteiger partial charge in [0, 0.05) is 36.9 Å². The lowest BCUT2D eigenvalue weighted by Crippen LogP contribution is -2.49. The van der Waals surface area contributed by atoms with Gasteiger partial charge in [-0.05, 0) is 30.0 Å². The number of pyridine rings is 2. The zero-order chi connectivity index (χ0) is 23.8. The van der Waals surface area contributed by atoms with Crippen LogP contribution in [0, 0.1) is 22.7 Å². The molecule has 0 bridgehead atoms. The fourth-order valence-corrected chi connectivity index (χ4v) is 4.65. The Morgan fingerprint density at radius 2 is 1.76 bits per heavy atom. The van der Waals surface area contributed by atoms with E-state index in [0.29, 0.717) is 33.3 Å². The lowest BCUT2D eigenvalue weighted by Gasteiger charge is -2.36. The van der Waals surface area contributed by atoms with Crippen molar-refractivity contribution in [2.24, 2.45) is 0 Å². The van der Waals surface area contributed by atoms with Crippen molar-refractivity contribution < 1.29 is 9.13 Å². The Hall–Kier alpha value is -3.46. The summed E-state index contributed by atoms with van der Waals surface area (Å²) in [6, 6.07) is 17.6. The van der Waals surface area contributed by atoms with Gasteiger partial charge >= 0.3 is 0 Å². The van der Waals surface area contributed by atoms with Gasteiger partial charge < -0.3 is 9.64 Å². The molecule has 0 N–H and O–H groups in total. The maximum atomic E-state index is 13.5. The number of aromatic nitrogens is 2. The molecule has 0 atom stereocenters. The fourth-order valence-electron chi connectivity index (χ4n) is 3.73. The average molecular weight is 474 g/mol. The molecule has 0 saturated carbocycles. The maximum Gasteiger partial charge on any atom is 0.148 e. The van der Waals surface area contributed by atoms with Crippen LogP contribution in [-0.4, -0.2) is 42.4 Å². The molecule has 0 aliphatic carbocycles. The summed E-state index contributed by atoms with van der Waals surface area (Å²) in [5.74, 6) is 1.02. The van der Waals surface area contributed by atoms with E-state index in [1.165, 1.54) is 24.6 Å². The van der Waals surface area contributed by atoms with Crippen molar-refractivity contribution in [1.82, 2.24) is 9.97 Å². The van der Waals surface area contributed by atoms with E-state index in [9.17, 15) is 14.9 Å². The molecule has 2 fully saturated rings. The first-order chi connectivity index (χ1) is 16.7. The zero-order valence-corrected chi connectivity index (χ0v) is 19.5. The number of halogens is 1. The number of alkyl halides is 1. The van der Waals surface area contributed by atoms with Crippen LogP contribution < -0.4 is 4.90 Å². The molecule has 3 aromatic rings. The van der Waals surface area contributed by atoms with E-state index >= 15 is 0 Å². The van der Waals surface area contributed by atoms with Gasteiger partial charge in [-0.15, -0.1) is 11.8 Å². The van der Waals surface area contributed by atoms with E-state index < -0.39 is 6.17 Å². The topological polar surface area (TPSA) is 85.8 Å². The summed E-state index contributed by atoms with van der Waals surface area (Å²) >= 11 is 1.42. The molecule has 2 saturated heterocycles. The second kappa shape index (κ2) is 11.6. The SMILES string of the molecule is C1CCOC1.N#Cc1c(SCc2cccnc2)nc(N2CC(F)C2)c(C#N)c1-c1ccccc1. The number of nitrogens with zero attached hydrogens (tertiary/aromatic N) is 5. The molecule has 34 heavy (non-hydrogen) atoms. The normalized spacial score (nSPS) is 15.0. The van der Waals surface area contributed by atoms with Gasteiger partial charge in [0.1, 0.15) is 34.7 Å². The van der Waals surface area contributed by atoms with Crippen molar-refractivity contribution in [3.8, 4) is 23.3 Å². The zero-order valence-electron chi connectivity index (χ0n) is 18.7. The predicted molar refractivity (Wildman–Crippen MR) is 130 cm³/mol. The van der Waals surface area contributed by atoms with E-state index in [1.54, 1.807) is 17.3 Å². The summed E-state index contributed by atoms with van der Waals surface area (Å²) in [5, 5.41) is 20.3. The first kappa shape index (κ1) is 23.7. The molecule has 0 spiro atoms. The van der Waals surface area contributed by atoms with Crippen LogP contribution in [0.25, 0.3) is 11.1 Å². The molecule has 2 aromatic heterocycles. The molecule has 6 nitrogen and oxygen atoms in total. The number of thioether (sulfide) groups is 1. The van der Waals surface area contributed by atoms with Crippen LogP contribution in [-0.2, 0) is 10.5 Å². The summed E-state index contributed by atoms with van der Waals surface area (Å²) in [4.78, 5) is 10.5. The largest absolute Gasteiger partial charge is 0.381 e. The van der Waals surface area contributed by atoms with E-state index in [4.69, 9.17) is 4.74 Å². The van der Waals surface area contributed by atoms with Crippen LogP contribution in [0.1, 0.15) is 29.5 Å². The lowest BCUT2D eigenvalue weighted by atomic mass is 9.96. The summed E-state index contributed by atoms with van der Waals surface area (Å²) in [5.41, 5.74) is 3.00. The summed E-state index contributed by atoms with van der Waals surface area (Å²) in [6.07, 6.45) is 5.10. The number of benzene rings is 1. The number of hydrogen-bond donors (Lipinski definition) is 0. The van der Waals surface area contributed by atoms with Gasteiger partial charge in [-0.3, -0.25) is 4.98 Å². The first-order valence-corrected chi connectivity index (χ1v) is 12.1. The van der Waals surface area contributed by atoms with Gasteiger partial charge in [0.05, 0.1) is 18.7 Å². The van der Waals surface area contributed by atoms with Crippen LogP contribution in [0.15, 0.2) is 59.9 Å². The minimum absolute atomic E-state index is 0.203. The van der Waals surface area contributed by atoms with Crippen LogP contribution in [0.4, 0.5) is 10.2 Å². The first-order valence-electron chi connectivity index (χ1n) is 11.1. The highest BCUT2D eigenvalue weighted by Crippen LogP contribution is 2.39. The van der Waals surface area contributed by atoms with Gasteiger partial charge in [-0.25, -0.2) is 9.37 Å². The Labute approximate surface area is 203 Å². The molecular weight excluding hydrogens is 449 g/mol. The van der Waals surface area contributed by atoms with Gasteiger partial charge in [0.25, 0.3) is 0 Å². The number of nitriles is 2. The van der Waals surface area contributed by atoms with E-state index in [2.05, 4.69) is 22.1 Å². The summed E-state index contributed by atoms with van der Waals surface area (Å²) in [7, 11) is 0. The molecular formula is C26H24FN5OS. The quantitative estimate of drug-likeness (QED) is 0.475. The molecule has 0 amide bonds. The standard InChI is InChI=1S/C22H16FN5S.C4H8O/c23-17-12-28(13-17)21-18(9-24)20(16-6-2-1-3-7-16)19(10-25)22(27-21)29-14-15-5-4-8-26-11-15;1-2-4-5-3-1/h1-8,11,17H,12-14H2;1-4H2. The average Bonchev–Trinajstić information content (AvgIpc) is 3.46. The highest BCUT2D eigenvalue weighted by atomic mass is 32.2. The van der Waals surface area contributed by atoms with Crippen molar-refractivity contribution in [3.63, 3.8) is 0 Å². The Morgan fingerprint density at radius 3 is 2.32 bits per heavy atom. The second-order valence-electron chi connectivity index (χ2n) is 7.93. The monoisotopic (exact) mass is 473 g/mol. The van der Waals surface area contributed by atoms with E-state index in [1.807, 2.05) is 42.5 Å². The van der Waals surface area contributed by atoms with Crippen LogP contribution in [0.3, 0.4) is 0 Å². The van der Waals surface area contributed by atoms with E-state index in [0.717, 1.165) is 24.3 Å². The molecule has 172 valence electrons.